The molecule has 0 aromatic heterocycles. The Balaban J connectivity index is 1.62. The fourth-order valence-corrected chi connectivity index (χ4v) is 4.31. The first kappa shape index (κ1) is 29.8. The van der Waals surface area contributed by atoms with Crippen LogP contribution in [0.5, 0.6) is 0 Å². The summed E-state index contributed by atoms with van der Waals surface area (Å²) in [6.07, 6.45) is 0.713. The number of nitrogens with two attached hydrogens (primary N) is 2. The second-order valence-corrected chi connectivity index (χ2v) is 9.21. The number of rotatable bonds is 12. The van der Waals surface area contributed by atoms with Crippen molar-refractivity contribution in [1.29, 1.82) is 5.41 Å². The molecule has 1 saturated heterocycles. The molecule has 0 saturated carbocycles. The Morgan fingerprint density at radius 2 is 1.50 bits per heavy atom. The van der Waals surface area contributed by atoms with Crippen LogP contribution in [0.25, 0.3) is 0 Å². The van der Waals surface area contributed by atoms with Gasteiger partial charge in [-0.2, -0.15) is 0 Å². The van der Waals surface area contributed by atoms with Crippen molar-refractivity contribution in [3.63, 3.8) is 0 Å². The molecule has 0 bridgehead atoms. The number of nitrogens with zero attached hydrogens (tertiary/aromatic N) is 2. The number of nitrogen functional groups attached to an aromatic ring is 1. The number of amidine groups is 1. The van der Waals surface area contributed by atoms with Crippen LogP contribution in [0.1, 0.15) is 38.3 Å². The molecule has 1 aliphatic rings. The van der Waals surface area contributed by atoms with E-state index in [1.165, 1.54) is 29.2 Å². The van der Waals surface area contributed by atoms with Crippen molar-refractivity contribution in [2.45, 2.75) is 18.9 Å². The standard InChI is InChI=1S/C27H33N7O6/c28-11-9-17-1-3-19(4-2-17)26(39)32-15-22(35)34-14-13-33(16-23(36)37)27(40)21(34)10-12-31-25(38)20-7-5-18(6-8-20)24(29)30/h1-8,21H,9-16,28H2,(H3,29,30)(H,31,38)(H,32,39)(H,36,37). The van der Waals surface area contributed by atoms with E-state index in [1.807, 2.05) is 0 Å². The van der Waals surface area contributed by atoms with Crippen molar-refractivity contribution in [3.8, 4) is 0 Å². The van der Waals surface area contributed by atoms with Gasteiger partial charge in [-0.3, -0.25) is 29.4 Å². The summed E-state index contributed by atoms with van der Waals surface area (Å²) in [5, 5.41) is 21.9. The molecule has 1 fully saturated rings. The maximum Gasteiger partial charge on any atom is 0.323 e. The summed E-state index contributed by atoms with van der Waals surface area (Å²) in [5.74, 6) is -3.25. The number of nitrogens with one attached hydrogen (secondary N) is 3. The van der Waals surface area contributed by atoms with E-state index in [-0.39, 0.29) is 38.4 Å². The number of benzene rings is 2. The molecule has 8 N–H and O–H groups in total. The topological polar surface area (TPSA) is 212 Å². The predicted molar refractivity (Wildman–Crippen MR) is 146 cm³/mol. The molecule has 2 aromatic carbocycles. The van der Waals surface area contributed by atoms with Crippen LogP contribution < -0.4 is 22.1 Å². The molecule has 0 spiro atoms. The predicted octanol–water partition coefficient (Wildman–Crippen LogP) is -0.854. The average molecular weight is 552 g/mol. The Morgan fingerprint density at radius 3 is 2.08 bits per heavy atom. The molecular weight excluding hydrogens is 518 g/mol. The van der Waals surface area contributed by atoms with Crippen molar-refractivity contribution in [1.82, 2.24) is 20.4 Å². The summed E-state index contributed by atoms with van der Waals surface area (Å²) < 4.78 is 0. The van der Waals surface area contributed by atoms with Gasteiger partial charge in [-0.05, 0) is 49.2 Å². The number of carboxylic acids is 1. The van der Waals surface area contributed by atoms with Gasteiger partial charge in [0.15, 0.2) is 0 Å². The second-order valence-electron chi connectivity index (χ2n) is 9.21. The van der Waals surface area contributed by atoms with Crippen LogP contribution >= 0.6 is 0 Å². The lowest BCUT2D eigenvalue weighted by Crippen LogP contribution is -2.61. The molecule has 13 heteroatoms. The summed E-state index contributed by atoms with van der Waals surface area (Å²) in [7, 11) is 0. The lowest BCUT2D eigenvalue weighted by molar-refractivity contribution is -0.155. The zero-order chi connectivity index (χ0) is 29.2. The third kappa shape index (κ3) is 7.86. The van der Waals surface area contributed by atoms with E-state index in [1.54, 1.807) is 24.3 Å². The van der Waals surface area contributed by atoms with E-state index in [0.717, 1.165) is 10.5 Å². The number of carbonyl (C=O) groups is 5. The van der Waals surface area contributed by atoms with Gasteiger partial charge in [0.05, 0.1) is 6.54 Å². The summed E-state index contributed by atoms with van der Waals surface area (Å²) >= 11 is 0. The van der Waals surface area contributed by atoms with Gasteiger partial charge in [0.2, 0.25) is 11.8 Å². The molecule has 13 nitrogen and oxygen atoms in total. The van der Waals surface area contributed by atoms with Crippen LogP contribution in [0.3, 0.4) is 0 Å². The number of amides is 4. The summed E-state index contributed by atoms with van der Waals surface area (Å²) in [5.41, 5.74) is 13.1. The minimum atomic E-state index is -1.18. The SMILES string of the molecule is N=C(N)c1ccc(C(=O)NCCC2C(=O)N(CC(=O)O)CCN2C(=O)CNC(=O)c2ccc(CCN)cc2)cc1. The average Bonchev–Trinajstić information content (AvgIpc) is 2.93. The van der Waals surface area contributed by atoms with Crippen molar-refractivity contribution in [2.75, 3.05) is 39.3 Å². The minimum Gasteiger partial charge on any atom is -0.480 e. The second kappa shape index (κ2) is 13.8. The molecule has 1 unspecified atom stereocenters. The molecule has 212 valence electrons. The smallest absolute Gasteiger partial charge is 0.323 e. The molecular formula is C27H33N7O6. The van der Waals surface area contributed by atoms with Crippen LogP contribution in [0.4, 0.5) is 0 Å². The largest absolute Gasteiger partial charge is 0.480 e. The van der Waals surface area contributed by atoms with Crippen LogP contribution in [0, 0.1) is 5.41 Å². The number of carboxylic acid groups (broad SMARTS) is 1. The molecule has 0 radical (unpaired) electrons. The number of hydrogen-bond donors (Lipinski definition) is 6. The summed E-state index contributed by atoms with van der Waals surface area (Å²) in [6, 6.07) is 11.9. The van der Waals surface area contributed by atoms with E-state index >= 15 is 0 Å². The Bertz CT molecular complexity index is 1260. The zero-order valence-corrected chi connectivity index (χ0v) is 21.9. The van der Waals surface area contributed by atoms with Crippen LogP contribution in [0.15, 0.2) is 48.5 Å². The molecule has 1 atom stereocenters. The Kier molecular flexibility index (Phi) is 10.3. The minimum absolute atomic E-state index is 0.0237. The lowest BCUT2D eigenvalue weighted by Gasteiger charge is -2.40. The molecule has 1 aliphatic heterocycles. The molecule has 40 heavy (non-hydrogen) atoms. The molecule has 1 heterocycles. The van der Waals surface area contributed by atoms with Gasteiger partial charge in [0.1, 0.15) is 18.4 Å². The van der Waals surface area contributed by atoms with E-state index in [9.17, 15) is 24.0 Å². The number of piperazine rings is 1. The molecule has 4 amide bonds. The van der Waals surface area contributed by atoms with E-state index < -0.39 is 42.2 Å². The molecule has 3 rings (SSSR count). The highest BCUT2D eigenvalue weighted by molar-refractivity contribution is 5.99. The molecule has 0 aliphatic carbocycles. The number of aliphatic carboxylic acids is 1. The van der Waals surface area contributed by atoms with Gasteiger partial charge in [0.25, 0.3) is 11.8 Å². The third-order valence-corrected chi connectivity index (χ3v) is 6.44. The van der Waals surface area contributed by atoms with E-state index in [4.69, 9.17) is 22.0 Å². The first-order chi connectivity index (χ1) is 19.1. The van der Waals surface area contributed by atoms with Gasteiger partial charge < -0.3 is 37.0 Å². The monoisotopic (exact) mass is 551 g/mol. The van der Waals surface area contributed by atoms with Crippen molar-refractivity contribution in [2.24, 2.45) is 11.5 Å². The van der Waals surface area contributed by atoms with Crippen molar-refractivity contribution >= 4 is 35.4 Å². The highest BCUT2D eigenvalue weighted by Gasteiger charge is 2.37. The Labute approximate surface area is 231 Å². The van der Waals surface area contributed by atoms with Gasteiger partial charge in [0, 0.05) is 36.3 Å². The Hall–Kier alpha value is -4.78. The maximum atomic E-state index is 13.1. The quantitative estimate of drug-likeness (QED) is 0.144. The zero-order valence-electron chi connectivity index (χ0n) is 21.9. The first-order valence-electron chi connectivity index (χ1n) is 12.7. The number of hydrogen-bond acceptors (Lipinski definition) is 7. The highest BCUT2D eigenvalue weighted by Crippen LogP contribution is 2.15. The fraction of sp³-hybridized carbons (Fsp3) is 0.333. The number of carbonyl (C=O) groups excluding carboxylic acids is 4. The van der Waals surface area contributed by atoms with Gasteiger partial charge in [-0.15, -0.1) is 0 Å². The first-order valence-corrected chi connectivity index (χ1v) is 12.7. The van der Waals surface area contributed by atoms with Crippen LogP contribution in [0.2, 0.25) is 0 Å². The van der Waals surface area contributed by atoms with E-state index in [2.05, 4.69) is 10.6 Å². The van der Waals surface area contributed by atoms with Crippen LogP contribution in [-0.2, 0) is 20.8 Å². The lowest BCUT2D eigenvalue weighted by atomic mass is 10.1. The van der Waals surface area contributed by atoms with Crippen molar-refractivity contribution in [3.05, 3.63) is 70.8 Å². The highest BCUT2D eigenvalue weighted by atomic mass is 16.4. The van der Waals surface area contributed by atoms with Crippen LogP contribution in [-0.4, -0.2) is 95.7 Å². The third-order valence-electron chi connectivity index (χ3n) is 6.44. The van der Waals surface area contributed by atoms with Crippen molar-refractivity contribution < 1.29 is 29.1 Å². The molecule has 2 aromatic rings. The summed E-state index contributed by atoms with van der Waals surface area (Å²) in [6.45, 7) is -0.261. The normalized spacial score (nSPS) is 14.9. The van der Waals surface area contributed by atoms with E-state index in [0.29, 0.717) is 29.7 Å². The summed E-state index contributed by atoms with van der Waals surface area (Å²) in [4.78, 5) is 64.9. The van der Waals surface area contributed by atoms with Gasteiger partial charge in [-0.1, -0.05) is 24.3 Å². The fourth-order valence-electron chi connectivity index (χ4n) is 4.31. The maximum absolute atomic E-state index is 13.1. The van der Waals surface area contributed by atoms with Gasteiger partial charge in [-0.25, -0.2) is 0 Å². The van der Waals surface area contributed by atoms with Gasteiger partial charge >= 0.3 is 5.97 Å². The Morgan fingerprint density at radius 1 is 0.925 bits per heavy atom.